The van der Waals surface area contributed by atoms with E-state index >= 15 is 0 Å². The molecule has 7 nitrogen and oxygen atoms in total. The first kappa shape index (κ1) is 25.1. The van der Waals surface area contributed by atoms with Crippen molar-refractivity contribution in [1.29, 1.82) is 0 Å². The molecule has 3 amide bonds. The number of fused-ring (bicyclic) bond motifs is 2. The van der Waals surface area contributed by atoms with Gasteiger partial charge in [-0.05, 0) is 46.8 Å². The Balaban J connectivity index is 1.67. The van der Waals surface area contributed by atoms with Crippen LogP contribution in [0.15, 0.2) is 54.6 Å². The quantitative estimate of drug-likeness (QED) is 0.634. The molecule has 4 heterocycles. The van der Waals surface area contributed by atoms with Crippen LogP contribution in [0.3, 0.4) is 0 Å². The lowest BCUT2D eigenvalue weighted by Crippen LogP contribution is -2.59. The molecule has 2 saturated heterocycles. The lowest BCUT2D eigenvalue weighted by Gasteiger charge is -2.42. The molecule has 0 radical (unpaired) electrons. The Labute approximate surface area is 217 Å². The van der Waals surface area contributed by atoms with E-state index in [2.05, 4.69) is 6.08 Å². The largest absolute Gasteiger partial charge is 0.394 e. The van der Waals surface area contributed by atoms with Gasteiger partial charge < -0.3 is 19.8 Å². The Morgan fingerprint density at radius 2 is 1.67 bits per heavy atom. The van der Waals surface area contributed by atoms with Crippen molar-refractivity contribution >= 4 is 35.2 Å². The van der Waals surface area contributed by atoms with Gasteiger partial charge in [0.15, 0.2) is 0 Å². The van der Waals surface area contributed by atoms with E-state index in [9.17, 15) is 19.5 Å². The van der Waals surface area contributed by atoms with E-state index in [4.69, 9.17) is 0 Å². The minimum absolute atomic E-state index is 0.105. The number of benzene rings is 1. The van der Waals surface area contributed by atoms with Gasteiger partial charge in [0.2, 0.25) is 17.7 Å². The van der Waals surface area contributed by atoms with E-state index in [-0.39, 0.29) is 24.3 Å². The topological polar surface area (TPSA) is 81.2 Å². The van der Waals surface area contributed by atoms with Gasteiger partial charge in [-0.3, -0.25) is 14.4 Å². The normalized spacial score (nSPS) is 34.9. The highest BCUT2D eigenvalue weighted by molar-refractivity contribution is 8.02. The SMILES string of the molecule is C[C@H](CO)N1C(=O)[C@@H]2[C@@H]3C(=O)N(c4ccccc4)CC=C[C@]3(C)S[C@@]23C=CCN(C(C)(C)C)C(=O)C13. The molecule has 1 aromatic carbocycles. The van der Waals surface area contributed by atoms with E-state index in [1.807, 2.05) is 76.3 Å². The lowest BCUT2D eigenvalue weighted by atomic mass is 9.74. The fourth-order valence-electron chi connectivity index (χ4n) is 6.47. The van der Waals surface area contributed by atoms with Crippen molar-refractivity contribution in [3.8, 4) is 0 Å². The number of aliphatic hydroxyl groups is 1. The summed E-state index contributed by atoms with van der Waals surface area (Å²) in [4.78, 5) is 47.9. The van der Waals surface area contributed by atoms with Gasteiger partial charge in [-0.25, -0.2) is 0 Å². The zero-order valence-corrected chi connectivity index (χ0v) is 22.4. The third kappa shape index (κ3) is 3.48. The van der Waals surface area contributed by atoms with Crippen LogP contribution in [0.2, 0.25) is 0 Å². The van der Waals surface area contributed by atoms with Gasteiger partial charge >= 0.3 is 0 Å². The number of hydrogen-bond donors (Lipinski definition) is 1. The Hall–Kier alpha value is -2.58. The molecule has 0 bridgehead atoms. The van der Waals surface area contributed by atoms with E-state index in [0.29, 0.717) is 13.1 Å². The molecule has 4 aliphatic rings. The van der Waals surface area contributed by atoms with Crippen molar-refractivity contribution in [2.45, 2.75) is 61.7 Å². The van der Waals surface area contributed by atoms with Crippen molar-refractivity contribution in [2.24, 2.45) is 11.8 Å². The van der Waals surface area contributed by atoms with Gasteiger partial charge in [0.1, 0.15) is 6.04 Å². The molecule has 1 spiro atoms. The summed E-state index contributed by atoms with van der Waals surface area (Å²) in [6.07, 6.45) is 8.08. The highest BCUT2D eigenvalue weighted by atomic mass is 32.2. The number of thioether (sulfide) groups is 1. The van der Waals surface area contributed by atoms with Crippen molar-refractivity contribution in [1.82, 2.24) is 9.80 Å². The minimum atomic E-state index is -0.906. The molecule has 1 aromatic rings. The third-order valence-electron chi connectivity index (χ3n) is 8.11. The fourth-order valence-corrected chi connectivity index (χ4v) is 8.61. The minimum Gasteiger partial charge on any atom is -0.394 e. The first-order valence-corrected chi connectivity index (χ1v) is 13.4. The summed E-state index contributed by atoms with van der Waals surface area (Å²) in [7, 11) is 0. The predicted molar refractivity (Wildman–Crippen MR) is 141 cm³/mol. The first-order valence-electron chi connectivity index (χ1n) is 12.6. The molecule has 1 unspecified atom stereocenters. The predicted octanol–water partition coefficient (Wildman–Crippen LogP) is 2.85. The van der Waals surface area contributed by atoms with Gasteiger partial charge in [0.25, 0.3) is 0 Å². The van der Waals surface area contributed by atoms with Crippen LogP contribution < -0.4 is 4.90 Å². The fraction of sp³-hybridized carbons (Fsp3) is 0.536. The van der Waals surface area contributed by atoms with Crippen molar-refractivity contribution in [3.63, 3.8) is 0 Å². The lowest BCUT2D eigenvalue weighted by molar-refractivity contribution is -0.147. The molecular weight excluding hydrogens is 474 g/mol. The smallest absolute Gasteiger partial charge is 0.247 e. The van der Waals surface area contributed by atoms with Crippen molar-refractivity contribution in [3.05, 3.63) is 54.6 Å². The highest BCUT2D eigenvalue weighted by Gasteiger charge is 2.74. The number of para-hydroxylation sites is 1. The monoisotopic (exact) mass is 509 g/mol. The zero-order chi connectivity index (χ0) is 26.0. The Morgan fingerprint density at radius 1 is 1.00 bits per heavy atom. The second-order valence-electron chi connectivity index (χ2n) is 11.5. The number of rotatable bonds is 3. The molecule has 0 aromatic heterocycles. The van der Waals surface area contributed by atoms with Crippen LogP contribution in [0.25, 0.3) is 0 Å². The van der Waals surface area contributed by atoms with E-state index in [1.54, 1.807) is 33.4 Å². The third-order valence-corrected chi connectivity index (χ3v) is 9.91. The van der Waals surface area contributed by atoms with Crippen LogP contribution in [-0.2, 0) is 14.4 Å². The van der Waals surface area contributed by atoms with Crippen LogP contribution in [0.4, 0.5) is 5.69 Å². The summed E-state index contributed by atoms with van der Waals surface area (Å²) in [5.41, 5.74) is 0.343. The van der Waals surface area contributed by atoms with Gasteiger partial charge in [-0.15, -0.1) is 11.8 Å². The second kappa shape index (κ2) is 8.48. The van der Waals surface area contributed by atoms with Gasteiger partial charge in [0, 0.05) is 29.1 Å². The zero-order valence-electron chi connectivity index (χ0n) is 21.5. The molecule has 6 atom stereocenters. The first-order chi connectivity index (χ1) is 17.0. The molecule has 1 N–H and O–H groups in total. The second-order valence-corrected chi connectivity index (χ2v) is 13.3. The van der Waals surface area contributed by atoms with E-state index < -0.39 is 39.0 Å². The summed E-state index contributed by atoms with van der Waals surface area (Å²) in [5, 5.41) is 10.1. The standard InChI is InChI=1S/C28H35N3O4S/c1-18(17-32)31-22-25(35)30(26(2,3)4)16-10-14-28(22)21(24(31)34)20-23(33)29(19-11-7-6-8-12-19)15-9-13-27(20,5)36-28/h6-14,18,20-22,32H,15-17H2,1-5H3/t18-,20-,21+,22?,27+,28+/m1/s1. The molecule has 192 valence electrons. The van der Waals surface area contributed by atoms with Crippen LogP contribution in [0.5, 0.6) is 0 Å². The van der Waals surface area contributed by atoms with Gasteiger partial charge in [-0.1, -0.05) is 42.5 Å². The van der Waals surface area contributed by atoms with Crippen molar-refractivity contribution in [2.75, 3.05) is 24.6 Å². The molecule has 5 rings (SSSR count). The molecule has 2 fully saturated rings. The maximum absolute atomic E-state index is 14.3. The maximum atomic E-state index is 14.3. The highest BCUT2D eigenvalue weighted by Crippen LogP contribution is 2.66. The molecule has 4 aliphatic heterocycles. The number of carbonyl (C=O) groups is 3. The molecule has 36 heavy (non-hydrogen) atoms. The number of hydrogen-bond acceptors (Lipinski definition) is 5. The Kier molecular flexibility index (Phi) is 5.91. The molecule has 0 saturated carbocycles. The summed E-state index contributed by atoms with van der Waals surface area (Å²) in [6.45, 7) is 10.4. The molecule has 0 aliphatic carbocycles. The Morgan fingerprint density at radius 3 is 2.31 bits per heavy atom. The number of carbonyl (C=O) groups excluding carboxylic acids is 3. The summed E-state index contributed by atoms with van der Waals surface area (Å²) in [5.74, 6) is -1.83. The van der Waals surface area contributed by atoms with Gasteiger partial charge in [0.05, 0.1) is 29.2 Å². The number of likely N-dealkylation sites (tertiary alicyclic amines) is 1. The van der Waals surface area contributed by atoms with Crippen LogP contribution in [-0.4, -0.2) is 79.4 Å². The number of anilines is 1. The van der Waals surface area contributed by atoms with E-state index in [0.717, 1.165) is 5.69 Å². The number of nitrogens with zero attached hydrogens (tertiary/aromatic N) is 3. The van der Waals surface area contributed by atoms with Crippen molar-refractivity contribution < 1.29 is 19.5 Å². The van der Waals surface area contributed by atoms with Crippen LogP contribution in [0, 0.1) is 11.8 Å². The molecular formula is C28H35N3O4S. The van der Waals surface area contributed by atoms with Crippen LogP contribution >= 0.6 is 11.8 Å². The number of amides is 3. The summed E-state index contributed by atoms with van der Waals surface area (Å²) < 4.78 is -1.56. The maximum Gasteiger partial charge on any atom is 0.247 e. The number of aliphatic hydroxyl groups excluding tert-OH is 1. The summed E-state index contributed by atoms with van der Waals surface area (Å²) in [6, 6.07) is 8.18. The summed E-state index contributed by atoms with van der Waals surface area (Å²) >= 11 is 1.57. The van der Waals surface area contributed by atoms with E-state index in [1.165, 1.54) is 0 Å². The Bertz CT molecular complexity index is 1150. The average Bonchev–Trinajstić information content (AvgIpc) is 3.10. The van der Waals surface area contributed by atoms with Gasteiger partial charge in [-0.2, -0.15) is 0 Å². The molecule has 8 heteroatoms. The van der Waals surface area contributed by atoms with Crippen LogP contribution in [0.1, 0.15) is 34.6 Å². The average molecular weight is 510 g/mol.